The fourth-order valence-electron chi connectivity index (χ4n) is 5.47. The fourth-order valence-corrected chi connectivity index (χ4v) is 5.47. The third-order valence-corrected chi connectivity index (χ3v) is 6.49. The molecule has 21 heavy (non-hydrogen) atoms. The molecule has 0 heterocycles. The van der Waals surface area contributed by atoms with Crippen molar-refractivity contribution in [2.24, 2.45) is 0 Å². The molecule has 0 N–H and O–H groups in total. The van der Waals surface area contributed by atoms with Gasteiger partial charge in [-0.1, -0.05) is 57.8 Å². The van der Waals surface area contributed by atoms with Crippen molar-refractivity contribution in [2.45, 2.75) is 121 Å². The van der Waals surface area contributed by atoms with Gasteiger partial charge in [-0.15, -0.1) is 0 Å². The van der Waals surface area contributed by atoms with E-state index in [1.165, 1.54) is 96.3 Å². The van der Waals surface area contributed by atoms with Crippen molar-refractivity contribution in [1.82, 2.24) is 4.90 Å². The Labute approximate surface area is 137 Å². The first kappa shape index (κ1) is 17.5. The first-order valence-electron chi connectivity index (χ1n) is 9.58. The van der Waals surface area contributed by atoms with Crippen LogP contribution in [0.3, 0.4) is 0 Å². The predicted molar refractivity (Wildman–Crippen MR) is 98.4 cm³/mol. The van der Waals surface area contributed by atoms with Crippen LogP contribution in [0.15, 0.2) is 0 Å². The lowest BCUT2D eigenvalue weighted by Gasteiger charge is -2.53. The van der Waals surface area contributed by atoms with Crippen LogP contribution in [0.1, 0.15) is 103 Å². The molecule has 0 amide bonds. The van der Waals surface area contributed by atoms with E-state index in [1.54, 1.807) is 0 Å². The maximum absolute atomic E-state index is 3.10. The van der Waals surface area contributed by atoms with Gasteiger partial charge in [0.2, 0.25) is 0 Å². The number of nitrogens with zero attached hydrogens (tertiary/aromatic N) is 1. The Morgan fingerprint density at radius 2 is 1.00 bits per heavy atom. The van der Waals surface area contributed by atoms with E-state index < -0.39 is 0 Å². The van der Waals surface area contributed by atoms with Crippen LogP contribution in [-0.2, 0) is 0 Å². The molecule has 2 heteroatoms. The smallest absolute Gasteiger partial charge is 0.0187 e. The van der Waals surface area contributed by atoms with E-state index in [-0.39, 0.29) is 11.0 Å². The van der Waals surface area contributed by atoms with Crippen molar-refractivity contribution in [1.29, 1.82) is 0 Å². The molecule has 0 aromatic carbocycles. The normalized spacial score (nSPS) is 28.3. The topological polar surface area (TPSA) is 3.24 Å². The van der Waals surface area contributed by atoms with E-state index in [4.69, 9.17) is 0 Å². The van der Waals surface area contributed by atoms with Crippen LogP contribution in [0.4, 0.5) is 0 Å². The SMILES string of the molecule is CC1(N(C2CCCCC2)C2CCCCC2)CCCCC1.[SiH4]. The average molecular weight is 310 g/mol. The molecule has 3 saturated carbocycles. The van der Waals surface area contributed by atoms with Gasteiger partial charge >= 0.3 is 0 Å². The monoisotopic (exact) mass is 309 g/mol. The summed E-state index contributed by atoms with van der Waals surface area (Å²) in [7, 11) is 0. The zero-order valence-corrected chi connectivity index (χ0v) is 13.7. The minimum absolute atomic E-state index is 0. The Bertz CT molecular complexity index is 268. The highest BCUT2D eigenvalue weighted by Crippen LogP contribution is 2.41. The molecular formula is C19H39NSi. The van der Waals surface area contributed by atoms with Crippen LogP contribution in [0, 0.1) is 0 Å². The van der Waals surface area contributed by atoms with Crippen molar-refractivity contribution < 1.29 is 0 Å². The summed E-state index contributed by atoms with van der Waals surface area (Å²) in [6, 6.07) is 1.85. The van der Waals surface area contributed by atoms with Crippen molar-refractivity contribution in [2.75, 3.05) is 0 Å². The molecule has 0 bridgehead atoms. The first-order valence-corrected chi connectivity index (χ1v) is 9.58. The molecule has 124 valence electrons. The molecular weight excluding hydrogens is 270 g/mol. The summed E-state index contributed by atoms with van der Waals surface area (Å²) in [4.78, 5) is 3.10. The second kappa shape index (κ2) is 8.15. The summed E-state index contributed by atoms with van der Waals surface area (Å²) < 4.78 is 0. The predicted octanol–water partition coefficient (Wildman–Crippen LogP) is 4.23. The number of hydrogen-bond donors (Lipinski definition) is 0. The van der Waals surface area contributed by atoms with E-state index in [0.29, 0.717) is 5.54 Å². The van der Waals surface area contributed by atoms with Crippen LogP contribution < -0.4 is 0 Å². The second-order valence-electron chi connectivity index (χ2n) is 8.05. The van der Waals surface area contributed by atoms with Gasteiger partial charge in [0.1, 0.15) is 0 Å². The Morgan fingerprint density at radius 3 is 1.43 bits per heavy atom. The highest BCUT2D eigenvalue weighted by molar-refractivity contribution is 5.75. The Balaban J connectivity index is 0.00000161. The molecule has 0 spiro atoms. The van der Waals surface area contributed by atoms with Gasteiger partial charge in [-0.25, -0.2) is 0 Å². The van der Waals surface area contributed by atoms with Gasteiger partial charge in [-0.2, -0.15) is 0 Å². The Kier molecular flexibility index (Phi) is 6.80. The molecule has 1 nitrogen and oxygen atoms in total. The number of hydrogen-bond acceptors (Lipinski definition) is 1. The molecule has 3 fully saturated rings. The van der Waals surface area contributed by atoms with Crippen LogP contribution >= 0.6 is 0 Å². The lowest BCUT2D eigenvalue weighted by Crippen LogP contribution is -2.58. The lowest BCUT2D eigenvalue weighted by atomic mass is 9.76. The van der Waals surface area contributed by atoms with Gasteiger partial charge in [0.05, 0.1) is 0 Å². The van der Waals surface area contributed by atoms with Crippen LogP contribution in [-0.4, -0.2) is 33.5 Å². The number of rotatable bonds is 3. The summed E-state index contributed by atoms with van der Waals surface area (Å²) in [5.41, 5.74) is 0.544. The average Bonchev–Trinajstić information content (AvgIpc) is 2.50. The molecule has 3 aliphatic rings. The van der Waals surface area contributed by atoms with Crippen molar-refractivity contribution in [3.63, 3.8) is 0 Å². The molecule has 0 aromatic rings. The standard InChI is InChI=1S/C19H35N.H4Si/c1-19(15-9-4-10-16-19)20(17-11-5-2-6-12-17)18-13-7-3-8-14-18;/h17-18H,2-16H2,1H3;1H4. The van der Waals surface area contributed by atoms with E-state index in [2.05, 4.69) is 11.8 Å². The molecule has 0 radical (unpaired) electrons. The minimum atomic E-state index is 0. The van der Waals surface area contributed by atoms with Gasteiger partial charge in [-0.05, 0) is 56.4 Å². The molecule has 3 aliphatic carbocycles. The maximum atomic E-state index is 3.10. The van der Waals surface area contributed by atoms with Crippen LogP contribution in [0.5, 0.6) is 0 Å². The largest absolute Gasteiger partial charge is 0.292 e. The fraction of sp³-hybridized carbons (Fsp3) is 1.00. The quantitative estimate of drug-likeness (QED) is 0.705. The lowest BCUT2D eigenvalue weighted by molar-refractivity contribution is -0.0358. The van der Waals surface area contributed by atoms with Crippen molar-refractivity contribution >= 4 is 11.0 Å². The van der Waals surface area contributed by atoms with Gasteiger partial charge in [0.25, 0.3) is 0 Å². The third-order valence-electron chi connectivity index (χ3n) is 6.49. The Morgan fingerprint density at radius 1 is 0.619 bits per heavy atom. The second-order valence-corrected chi connectivity index (χ2v) is 8.05. The molecule has 0 unspecified atom stereocenters. The molecule has 0 aliphatic heterocycles. The van der Waals surface area contributed by atoms with Crippen LogP contribution in [0.2, 0.25) is 0 Å². The van der Waals surface area contributed by atoms with Crippen molar-refractivity contribution in [3.05, 3.63) is 0 Å². The maximum Gasteiger partial charge on any atom is 0.0187 e. The van der Waals surface area contributed by atoms with E-state index >= 15 is 0 Å². The molecule has 0 aromatic heterocycles. The van der Waals surface area contributed by atoms with Crippen LogP contribution in [0.25, 0.3) is 0 Å². The first-order chi connectivity index (χ1) is 9.80. The zero-order valence-electron chi connectivity index (χ0n) is 13.7. The van der Waals surface area contributed by atoms with Crippen molar-refractivity contribution in [3.8, 4) is 0 Å². The minimum Gasteiger partial charge on any atom is -0.292 e. The highest BCUT2D eigenvalue weighted by atomic mass is 28.1. The Hall–Kier alpha value is 0.177. The van der Waals surface area contributed by atoms with Gasteiger partial charge in [0.15, 0.2) is 0 Å². The molecule has 0 saturated heterocycles. The summed E-state index contributed by atoms with van der Waals surface area (Å²) >= 11 is 0. The van der Waals surface area contributed by atoms with E-state index in [9.17, 15) is 0 Å². The van der Waals surface area contributed by atoms with Gasteiger partial charge in [-0.3, -0.25) is 4.90 Å². The molecule has 0 atom stereocenters. The van der Waals surface area contributed by atoms with E-state index in [0.717, 1.165) is 12.1 Å². The molecule has 3 rings (SSSR count). The summed E-state index contributed by atoms with van der Waals surface area (Å²) in [6.45, 7) is 2.62. The summed E-state index contributed by atoms with van der Waals surface area (Å²) in [5.74, 6) is 0. The van der Waals surface area contributed by atoms with Gasteiger partial charge in [0, 0.05) is 17.6 Å². The summed E-state index contributed by atoms with van der Waals surface area (Å²) in [5, 5.41) is 0. The zero-order chi connectivity index (χ0) is 13.8. The third kappa shape index (κ3) is 4.13. The summed E-state index contributed by atoms with van der Waals surface area (Å²) in [6.07, 6.45) is 22.3. The van der Waals surface area contributed by atoms with E-state index in [1.807, 2.05) is 0 Å². The van der Waals surface area contributed by atoms with Gasteiger partial charge < -0.3 is 0 Å². The highest BCUT2D eigenvalue weighted by Gasteiger charge is 2.41.